The van der Waals surface area contributed by atoms with Crippen molar-refractivity contribution in [2.75, 3.05) is 10.8 Å². The average Bonchev–Trinajstić information content (AvgIpc) is 2.83. The number of anilines is 2. The van der Waals surface area contributed by atoms with E-state index in [1.165, 1.54) is 18.5 Å². The molecule has 100 valence electrons. The van der Waals surface area contributed by atoms with Crippen molar-refractivity contribution in [3.63, 3.8) is 0 Å². The van der Waals surface area contributed by atoms with Crippen LogP contribution in [-0.4, -0.2) is 20.9 Å². The molecule has 7 nitrogen and oxygen atoms in total. The first-order chi connectivity index (χ1) is 9.02. The van der Waals surface area contributed by atoms with Crippen LogP contribution in [0, 0.1) is 5.41 Å². The summed E-state index contributed by atoms with van der Waals surface area (Å²) in [6, 6.07) is 4.81. The van der Waals surface area contributed by atoms with Gasteiger partial charge in [0.2, 0.25) is 5.96 Å². The minimum Gasteiger partial charge on any atom is -0.396 e. The van der Waals surface area contributed by atoms with Gasteiger partial charge in [-0.1, -0.05) is 17.7 Å². The maximum Gasteiger partial charge on any atom is 0.248 e. The number of nitrogens with one attached hydrogen (secondary N) is 1. The van der Waals surface area contributed by atoms with Crippen molar-refractivity contribution in [1.29, 1.82) is 5.41 Å². The van der Waals surface area contributed by atoms with Gasteiger partial charge in [-0.2, -0.15) is 10.2 Å². The highest BCUT2D eigenvalue weighted by Gasteiger charge is 2.13. The summed E-state index contributed by atoms with van der Waals surface area (Å²) in [7, 11) is 0. The van der Waals surface area contributed by atoms with E-state index in [0.29, 0.717) is 28.0 Å². The second-order valence-electron chi connectivity index (χ2n) is 3.83. The molecule has 1 aromatic carbocycles. The van der Waals surface area contributed by atoms with Crippen molar-refractivity contribution in [2.45, 2.75) is 6.54 Å². The molecule has 0 aliphatic carbocycles. The number of hydrogen-bond acceptors (Lipinski definition) is 5. The average molecular weight is 281 g/mol. The lowest BCUT2D eigenvalue weighted by molar-refractivity contribution is 0.306. The molecule has 0 saturated heterocycles. The summed E-state index contributed by atoms with van der Waals surface area (Å²) in [5.74, 6) is -0.270. The van der Waals surface area contributed by atoms with Crippen molar-refractivity contribution >= 4 is 28.9 Å². The molecule has 0 bridgehead atoms. The Balaban J connectivity index is 2.26. The number of benzene rings is 1. The highest BCUT2D eigenvalue weighted by Crippen LogP contribution is 2.23. The fraction of sp³-hybridized carbons (Fsp3) is 0.0909. The van der Waals surface area contributed by atoms with Crippen LogP contribution in [0.5, 0.6) is 0 Å². The number of hydrogen-bond donors (Lipinski definition) is 4. The highest BCUT2D eigenvalue weighted by molar-refractivity contribution is 6.31. The van der Waals surface area contributed by atoms with Gasteiger partial charge < -0.3 is 11.5 Å². The molecule has 2 aromatic rings. The second-order valence-corrected chi connectivity index (χ2v) is 4.24. The first-order valence-electron chi connectivity index (χ1n) is 5.39. The zero-order chi connectivity index (χ0) is 14.0. The van der Waals surface area contributed by atoms with E-state index < -0.39 is 0 Å². The van der Waals surface area contributed by atoms with Crippen LogP contribution in [0.4, 0.5) is 11.4 Å². The summed E-state index contributed by atoms with van der Waals surface area (Å²) < 4.78 is 1.14. The Bertz CT molecular complexity index is 611. The summed E-state index contributed by atoms with van der Waals surface area (Å²) >= 11 is 6.00. The van der Waals surface area contributed by atoms with Gasteiger partial charge in [-0.25, -0.2) is 4.68 Å². The Morgan fingerprint density at radius 3 is 2.79 bits per heavy atom. The van der Waals surface area contributed by atoms with Gasteiger partial charge in [0.25, 0.3) is 0 Å². The molecule has 0 spiro atoms. The Labute approximate surface area is 114 Å². The predicted molar refractivity (Wildman–Crippen MR) is 73.4 cm³/mol. The summed E-state index contributed by atoms with van der Waals surface area (Å²) in [6.07, 6.45) is 2.80. The Morgan fingerprint density at radius 1 is 1.53 bits per heavy atom. The van der Waals surface area contributed by atoms with Crippen LogP contribution in [0.25, 0.3) is 0 Å². The molecule has 0 amide bonds. The second kappa shape index (κ2) is 5.27. The van der Waals surface area contributed by atoms with Crippen molar-refractivity contribution in [1.82, 2.24) is 9.78 Å². The Kier molecular flexibility index (Phi) is 3.70. The van der Waals surface area contributed by atoms with Gasteiger partial charge in [0.05, 0.1) is 23.8 Å². The molecule has 0 aliphatic rings. The van der Waals surface area contributed by atoms with Crippen molar-refractivity contribution < 1.29 is 5.21 Å². The summed E-state index contributed by atoms with van der Waals surface area (Å²) in [5.41, 5.74) is 12.5. The van der Waals surface area contributed by atoms with Gasteiger partial charge >= 0.3 is 0 Å². The van der Waals surface area contributed by atoms with Gasteiger partial charge in [-0.3, -0.25) is 10.6 Å². The molecule has 6 N–H and O–H groups in total. The van der Waals surface area contributed by atoms with Crippen molar-refractivity contribution in [3.8, 4) is 0 Å². The number of nitrogen functional groups attached to an aromatic ring is 1. The number of nitrogens with two attached hydrogens (primary N) is 2. The molecule has 0 aliphatic heterocycles. The lowest BCUT2D eigenvalue weighted by atomic mass is 10.2. The summed E-state index contributed by atoms with van der Waals surface area (Å²) in [5, 5.41) is 22.7. The van der Waals surface area contributed by atoms with Gasteiger partial charge in [0, 0.05) is 11.6 Å². The highest BCUT2D eigenvalue weighted by atomic mass is 35.5. The fourth-order valence-corrected chi connectivity index (χ4v) is 1.76. The number of hydroxylamine groups is 1. The lowest BCUT2D eigenvalue weighted by Gasteiger charge is -2.18. The van der Waals surface area contributed by atoms with Crippen LogP contribution in [0.3, 0.4) is 0 Å². The number of halogens is 1. The van der Waals surface area contributed by atoms with Crippen LogP contribution >= 0.6 is 11.6 Å². The maximum atomic E-state index is 9.96. The molecular formula is C11H13ClN6O. The summed E-state index contributed by atoms with van der Waals surface area (Å²) in [4.78, 5) is 0. The van der Waals surface area contributed by atoms with E-state index >= 15 is 0 Å². The van der Waals surface area contributed by atoms with Crippen molar-refractivity contribution in [3.05, 3.63) is 41.2 Å². The summed E-state index contributed by atoms with van der Waals surface area (Å²) in [6.45, 7) is 0.303. The molecule has 8 heteroatoms. The maximum absolute atomic E-state index is 9.96. The van der Waals surface area contributed by atoms with E-state index in [1.807, 2.05) is 0 Å². The van der Waals surface area contributed by atoms with E-state index in [2.05, 4.69) is 5.10 Å². The monoisotopic (exact) mass is 280 g/mol. The molecule has 0 unspecified atom stereocenters. The van der Waals surface area contributed by atoms with E-state index in [9.17, 15) is 5.21 Å². The third kappa shape index (κ3) is 2.68. The minimum absolute atomic E-state index is 0.270. The SMILES string of the molecule is N=C(N(O)c1ccc(CN)c(Cl)c1)n1cc(N)cn1. The standard InChI is InChI=1S/C11H13ClN6O/c12-10-3-9(2-1-7(10)4-13)18(19)11(15)17-6-8(14)5-16-17/h1-3,5-6,15,19H,4,13-14H2. The molecule has 0 atom stereocenters. The fourth-order valence-electron chi connectivity index (χ4n) is 1.51. The van der Waals surface area contributed by atoms with E-state index in [0.717, 1.165) is 10.2 Å². The Hall–Kier alpha value is -2.09. The zero-order valence-electron chi connectivity index (χ0n) is 9.92. The topological polar surface area (TPSA) is 117 Å². The van der Waals surface area contributed by atoms with Gasteiger partial charge in [-0.05, 0) is 17.7 Å². The van der Waals surface area contributed by atoms with Crippen molar-refractivity contribution in [2.24, 2.45) is 5.73 Å². The normalized spacial score (nSPS) is 10.5. The van der Waals surface area contributed by atoms with Crippen LogP contribution < -0.4 is 16.5 Å². The molecule has 1 heterocycles. The van der Waals surface area contributed by atoms with Gasteiger partial charge in [0.1, 0.15) is 0 Å². The lowest BCUT2D eigenvalue weighted by Crippen LogP contribution is -2.32. The van der Waals surface area contributed by atoms with E-state index in [-0.39, 0.29) is 5.96 Å². The van der Waals surface area contributed by atoms with Crippen LogP contribution in [-0.2, 0) is 6.54 Å². The number of rotatable bonds is 2. The van der Waals surface area contributed by atoms with E-state index in [4.69, 9.17) is 28.5 Å². The number of nitrogens with zero attached hydrogens (tertiary/aromatic N) is 3. The zero-order valence-corrected chi connectivity index (χ0v) is 10.7. The third-order valence-corrected chi connectivity index (χ3v) is 2.87. The molecule has 2 rings (SSSR count). The molecular weight excluding hydrogens is 268 g/mol. The van der Waals surface area contributed by atoms with Crippen LogP contribution in [0.15, 0.2) is 30.6 Å². The first kappa shape index (κ1) is 13.3. The largest absolute Gasteiger partial charge is 0.396 e. The molecule has 0 radical (unpaired) electrons. The predicted octanol–water partition coefficient (Wildman–Crippen LogP) is 1.26. The minimum atomic E-state index is -0.270. The molecule has 19 heavy (non-hydrogen) atoms. The van der Waals surface area contributed by atoms with Gasteiger partial charge in [0.15, 0.2) is 0 Å². The molecule has 0 saturated carbocycles. The number of aromatic nitrogens is 2. The third-order valence-electron chi connectivity index (χ3n) is 2.52. The van der Waals surface area contributed by atoms with Gasteiger partial charge in [-0.15, -0.1) is 0 Å². The Morgan fingerprint density at radius 2 is 2.26 bits per heavy atom. The smallest absolute Gasteiger partial charge is 0.248 e. The van der Waals surface area contributed by atoms with E-state index in [1.54, 1.807) is 12.1 Å². The molecule has 0 fully saturated rings. The first-order valence-corrected chi connectivity index (χ1v) is 5.77. The molecule has 1 aromatic heterocycles. The quantitative estimate of drug-likeness (QED) is 0.375. The van der Waals surface area contributed by atoms with Crippen LogP contribution in [0.2, 0.25) is 5.02 Å². The van der Waals surface area contributed by atoms with Crippen LogP contribution in [0.1, 0.15) is 5.56 Å².